The van der Waals surface area contributed by atoms with Gasteiger partial charge in [-0.15, -0.1) is 0 Å². The maximum absolute atomic E-state index is 12.7. The fraction of sp³-hybridized carbons (Fsp3) is 0.691. The van der Waals surface area contributed by atoms with Gasteiger partial charge in [0.15, 0.2) is 6.10 Å². The van der Waals surface area contributed by atoms with E-state index in [-0.39, 0.29) is 43.1 Å². The fourth-order valence-electron chi connectivity index (χ4n) is 6.91. The number of likely N-dealkylation sites (N-methyl/N-ethyl adjacent to an activating group) is 1. The Kier molecular flexibility index (Phi) is 42.6. The number of esters is 2. The summed E-state index contributed by atoms with van der Waals surface area (Å²) in [5.74, 6) is -1.86. The molecule has 8 heteroatoms. The summed E-state index contributed by atoms with van der Waals surface area (Å²) < 4.78 is 17.1. The molecular weight excluding hydrogens is 787 g/mol. The van der Waals surface area contributed by atoms with Crippen molar-refractivity contribution in [3.8, 4) is 0 Å². The molecule has 0 aliphatic rings. The number of carboxylic acids is 1. The van der Waals surface area contributed by atoms with Gasteiger partial charge >= 0.3 is 11.9 Å². The highest BCUT2D eigenvalue weighted by atomic mass is 16.6. The van der Waals surface area contributed by atoms with Gasteiger partial charge < -0.3 is 28.6 Å². The molecule has 0 amide bonds. The van der Waals surface area contributed by atoms with E-state index in [4.69, 9.17) is 14.2 Å². The maximum Gasteiger partial charge on any atom is 0.306 e. The Labute approximate surface area is 386 Å². The highest BCUT2D eigenvalue weighted by molar-refractivity contribution is 5.70. The first-order valence-corrected chi connectivity index (χ1v) is 25.1. The molecule has 360 valence electrons. The van der Waals surface area contributed by atoms with Gasteiger partial charge in [0.2, 0.25) is 0 Å². The highest BCUT2D eigenvalue weighted by Crippen LogP contribution is 2.13. The predicted octanol–water partition coefficient (Wildman–Crippen LogP) is 13.1. The highest BCUT2D eigenvalue weighted by Gasteiger charge is 2.25. The predicted molar refractivity (Wildman–Crippen MR) is 263 cm³/mol. The van der Waals surface area contributed by atoms with Crippen LogP contribution in [0.5, 0.6) is 0 Å². The largest absolute Gasteiger partial charge is 0.544 e. The van der Waals surface area contributed by atoms with Crippen LogP contribution < -0.4 is 5.11 Å². The van der Waals surface area contributed by atoms with Crippen LogP contribution in [0.4, 0.5) is 0 Å². The molecule has 0 heterocycles. The molecule has 0 aliphatic carbocycles. The summed E-state index contributed by atoms with van der Waals surface area (Å²) in [6.07, 6.45) is 59.2. The second-order valence-corrected chi connectivity index (χ2v) is 17.7. The molecule has 0 bridgehead atoms. The van der Waals surface area contributed by atoms with Crippen molar-refractivity contribution in [3.05, 3.63) is 85.1 Å². The zero-order chi connectivity index (χ0) is 46.3. The number of quaternary nitrogens is 1. The Hall–Kier alpha value is -3.49. The molecule has 63 heavy (non-hydrogen) atoms. The van der Waals surface area contributed by atoms with Gasteiger partial charge in [-0.2, -0.15) is 0 Å². The summed E-state index contributed by atoms with van der Waals surface area (Å²) in [6, 6.07) is -0.744. The zero-order valence-corrected chi connectivity index (χ0v) is 41.0. The van der Waals surface area contributed by atoms with E-state index in [0.29, 0.717) is 12.8 Å². The number of carbonyl (C=O) groups excluding carboxylic acids is 3. The average molecular weight is 880 g/mol. The van der Waals surface area contributed by atoms with E-state index < -0.39 is 24.1 Å². The SMILES string of the molecule is CC/C=C/C/C=C/C/C=C/C/C=C/C/C=C/CCC(=O)OC(COCCC(C(=O)[O-])[N+](C)(C)C)COC(=O)CCCCCCCCC/C=C/C/C=C/CCCCCCCCCCC. The Morgan fingerprint density at radius 3 is 1.38 bits per heavy atom. The number of carboxylic acid groups (broad SMARTS) is 1. The van der Waals surface area contributed by atoms with Crippen LogP contribution in [-0.4, -0.2) is 75.5 Å². The number of ether oxygens (including phenoxy) is 3. The van der Waals surface area contributed by atoms with Gasteiger partial charge in [-0.25, -0.2) is 0 Å². The molecule has 0 spiro atoms. The molecular formula is C55H93NO7. The molecule has 0 saturated carbocycles. The van der Waals surface area contributed by atoms with Gasteiger partial charge in [0, 0.05) is 19.3 Å². The van der Waals surface area contributed by atoms with Gasteiger partial charge in [0.25, 0.3) is 0 Å². The van der Waals surface area contributed by atoms with E-state index in [1.54, 1.807) is 21.1 Å². The first-order valence-electron chi connectivity index (χ1n) is 25.1. The standard InChI is InChI=1S/C55H93NO7/c1-6-8-10-12-14-16-18-20-22-24-25-26-27-28-29-30-32-33-35-37-39-41-43-45-53(57)62-50-51(49-61-48-47-52(55(59)60)56(3,4)5)63-54(58)46-44-42-40-38-36-34-31-23-21-19-17-15-13-11-9-7-2/h9,11,15,17,21,23,25-26,28-29,34,36,40,42,51-52H,6-8,10,12-14,16,18-20,22,24,27,30-33,35,37-39,41,43-50H2,1-5H3/b11-9+,17-15+,23-21+,26-25+,29-28+,36-34+,42-40+. The summed E-state index contributed by atoms with van der Waals surface area (Å²) in [4.78, 5) is 36.9. The van der Waals surface area contributed by atoms with Gasteiger partial charge in [-0.3, -0.25) is 9.59 Å². The van der Waals surface area contributed by atoms with Gasteiger partial charge in [-0.05, 0) is 77.0 Å². The smallest absolute Gasteiger partial charge is 0.306 e. The van der Waals surface area contributed by atoms with Crippen LogP contribution >= 0.6 is 0 Å². The van der Waals surface area contributed by atoms with Crippen molar-refractivity contribution in [2.75, 3.05) is 41.0 Å². The van der Waals surface area contributed by atoms with Crippen molar-refractivity contribution in [2.24, 2.45) is 0 Å². The molecule has 0 N–H and O–H groups in total. The Morgan fingerprint density at radius 2 is 0.921 bits per heavy atom. The Balaban J connectivity index is 4.34. The molecule has 0 aromatic heterocycles. The fourth-order valence-corrected chi connectivity index (χ4v) is 6.91. The minimum atomic E-state index is -1.14. The lowest BCUT2D eigenvalue weighted by molar-refractivity contribution is -0.889. The molecule has 0 rings (SSSR count). The van der Waals surface area contributed by atoms with Crippen LogP contribution in [0.2, 0.25) is 0 Å². The number of allylic oxidation sites excluding steroid dienone is 14. The van der Waals surface area contributed by atoms with Crippen LogP contribution in [0, 0.1) is 0 Å². The van der Waals surface area contributed by atoms with Gasteiger partial charge in [0.05, 0.1) is 40.3 Å². The molecule has 2 unspecified atom stereocenters. The zero-order valence-electron chi connectivity index (χ0n) is 41.0. The second kappa shape index (κ2) is 45.1. The van der Waals surface area contributed by atoms with E-state index in [2.05, 4.69) is 86.8 Å². The number of hydrogen-bond acceptors (Lipinski definition) is 7. The van der Waals surface area contributed by atoms with Gasteiger partial charge in [-0.1, -0.05) is 182 Å². The molecule has 0 radical (unpaired) electrons. The first-order chi connectivity index (χ1) is 30.6. The van der Waals surface area contributed by atoms with Gasteiger partial charge in [0.1, 0.15) is 12.6 Å². The van der Waals surface area contributed by atoms with E-state index in [9.17, 15) is 19.5 Å². The van der Waals surface area contributed by atoms with E-state index in [1.807, 2.05) is 12.2 Å². The third-order valence-electron chi connectivity index (χ3n) is 10.8. The molecule has 0 aromatic rings. The normalized spacial score (nSPS) is 13.6. The van der Waals surface area contributed by atoms with Crippen molar-refractivity contribution in [1.29, 1.82) is 0 Å². The topological polar surface area (TPSA) is 102 Å². The first kappa shape index (κ1) is 59.5. The Bertz CT molecular complexity index is 1300. The van der Waals surface area contributed by atoms with Crippen molar-refractivity contribution < 1.29 is 38.2 Å². The lowest BCUT2D eigenvalue weighted by atomic mass is 10.1. The summed E-state index contributed by atoms with van der Waals surface area (Å²) in [5, 5.41) is 11.6. The number of carbonyl (C=O) groups is 3. The summed E-state index contributed by atoms with van der Waals surface area (Å²) in [7, 11) is 5.38. The maximum atomic E-state index is 12.7. The third-order valence-corrected chi connectivity index (χ3v) is 10.8. The van der Waals surface area contributed by atoms with Crippen LogP contribution in [0.3, 0.4) is 0 Å². The number of rotatable bonds is 44. The van der Waals surface area contributed by atoms with Crippen molar-refractivity contribution in [2.45, 2.75) is 206 Å². The lowest BCUT2D eigenvalue weighted by Gasteiger charge is -2.34. The minimum absolute atomic E-state index is 0.00385. The van der Waals surface area contributed by atoms with E-state index in [1.165, 1.54) is 89.9 Å². The van der Waals surface area contributed by atoms with Crippen LogP contribution in [-0.2, 0) is 28.6 Å². The monoisotopic (exact) mass is 880 g/mol. The summed E-state index contributed by atoms with van der Waals surface area (Å²) >= 11 is 0. The third kappa shape index (κ3) is 43.5. The molecule has 0 fully saturated rings. The number of aliphatic carboxylic acids is 1. The van der Waals surface area contributed by atoms with E-state index >= 15 is 0 Å². The molecule has 0 saturated heterocycles. The minimum Gasteiger partial charge on any atom is -0.544 e. The van der Waals surface area contributed by atoms with Crippen molar-refractivity contribution in [1.82, 2.24) is 0 Å². The average Bonchev–Trinajstić information content (AvgIpc) is 3.24. The molecule has 0 aromatic carbocycles. The number of nitrogens with zero attached hydrogens (tertiary/aromatic N) is 1. The van der Waals surface area contributed by atoms with Crippen molar-refractivity contribution >= 4 is 17.9 Å². The second-order valence-electron chi connectivity index (χ2n) is 17.7. The number of hydrogen-bond donors (Lipinski definition) is 0. The van der Waals surface area contributed by atoms with Crippen LogP contribution in [0.1, 0.15) is 194 Å². The Morgan fingerprint density at radius 1 is 0.492 bits per heavy atom. The molecule has 0 aliphatic heterocycles. The van der Waals surface area contributed by atoms with E-state index in [0.717, 1.165) is 64.2 Å². The molecule has 2 atom stereocenters. The number of unbranched alkanes of at least 4 members (excludes halogenated alkanes) is 16. The summed E-state index contributed by atoms with van der Waals surface area (Å²) in [6.45, 7) is 4.46. The molecule has 8 nitrogen and oxygen atoms in total. The van der Waals surface area contributed by atoms with Crippen molar-refractivity contribution in [3.63, 3.8) is 0 Å². The van der Waals surface area contributed by atoms with Crippen LogP contribution in [0.15, 0.2) is 85.1 Å². The summed E-state index contributed by atoms with van der Waals surface area (Å²) in [5.41, 5.74) is 0. The lowest BCUT2D eigenvalue weighted by Crippen LogP contribution is -2.55. The quantitative estimate of drug-likeness (QED) is 0.0260. The van der Waals surface area contributed by atoms with Crippen LogP contribution in [0.25, 0.3) is 0 Å².